The summed E-state index contributed by atoms with van der Waals surface area (Å²) in [5.41, 5.74) is 0.627. The average Bonchev–Trinajstić information content (AvgIpc) is 2.62. The summed E-state index contributed by atoms with van der Waals surface area (Å²) in [4.78, 5) is 4.16. The van der Waals surface area contributed by atoms with Crippen molar-refractivity contribution >= 4 is 5.69 Å². The fraction of sp³-hybridized carbons (Fsp3) is 0.368. The highest BCUT2D eigenvalue weighted by Gasteiger charge is 2.21. The Kier molecular flexibility index (Phi) is 5.83. The number of β-amino-alcohol motifs (C(OH)–C–C–N with tert-alkyl or cyclic N) is 1. The van der Waals surface area contributed by atoms with Crippen LogP contribution >= 0.6 is 0 Å². The topological polar surface area (TPSA) is 35.9 Å². The van der Waals surface area contributed by atoms with Crippen molar-refractivity contribution in [2.24, 2.45) is 0 Å². The summed E-state index contributed by atoms with van der Waals surface area (Å²) in [6.07, 6.45) is -0.634. The van der Waals surface area contributed by atoms with E-state index in [0.29, 0.717) is 31.1 Å². The van der Waals surface area contributed by atoms with Crippen molar-refractivity contribution in [3.05, 3.63) is 60.2 Å². The van der Waals surface area contributed by atoms with Gasteiger partial charge in [0.15, 0.2) is 0 Å². The van der Waals surface area contributed by atoms with Crippen LogP contribution in [0.1, 0.15) is 0 Å². The molecule has 0 spiro atoms. The molecule has 3 rings (SSSR count). The Labute approximate surface area is 146 Å². The number of benzene rings is 2. The highest BCUT2D eigenvalue weighted by molar-refractivity contribution is 5.47. The first-order chi connectivity index (χ1) is 12.1. The molecule has 0 amide bonds. The Hall–Kier alpha value is -2.18. The maximum absolute atomic E-state index is 13.8. The van der Waals surface area contributed by atoms with E-state index in [0.717, 1.165) is 13.1 Å². The van der Waals surface area contributed by atoms with E-state index in [-0.39, 0.29) is 18.2 Å². The molecular weight excluding hydrogens is 326 g/mol. The molecule has 0 saturated carbocycles. The highest BCUT2D eigenvalue weighted by Crippen LogP contribution is 2.20. The fourth-order valence-electron chi connectivity index (χ4n) is 2.95. The van der Waals surface area contributed by atoms with Gasteiger partial charge in [0, 0.05) is 32.7 Å². The number of hydrogen-bond donors (Lipinski definition) is 1. The third-order valence-corrected chi connectivity index (χ3v) is 4.29. The fourth-order valence-corrected chi connectivity index (χ4v) is 2.95. The van der Waals surface area contributed by atoms with Crippen LogP contribution < -0.4 is 9.64 Å². The van der Waals surface area contributed by atoms with Crippen LogP contribution in [-0.4, -0.2) is 55.4 Å². The summed E-state index contributed by atoms with van der Waals surface area (Å²) in [6.45, 7) is 3.58. The van der Waals surface area contributed by atoms with Crippen LogP contribution in [0.5, 0.6) is 5.75 Å². The predicted octanol–water partition coefficient (Wildman–Crippen LogP) is 2.53. The lowest BCUT2D eigenvalue weighted by Crippen LogP contribution is -2.49. The Balaban J connectivity index is 1.42. The van der Waals surface area contributed by atoms with Crippen LogP contribution in [0, 0.1) is 11.6 Å². The molecule has 0 bridgehead atoms. The molecule has 134 valence electrons. The Bertz CT molecular complexity index is 673. The van der Waals surface area contributed by atoms with Crippen LogP contribution in [0.3, 0.4) is 0 Å². The number of ether oxygens (including phenoxy) is 1. The van der Waals surface area contributed by atoms with E-state index in [1.807, 2.05) is 11.0 Å². The quantitative estimate of drug-likeness (QED) is 0.870. The van der Waals surface area contributed by atoms with Gasteiger partial charge in [-0.25, -0.2) is 8.78 Å². The van der Waals surface area contributed by atoms with Crippen molar-refractivity contribution in [3.63, 3.8) is 0 Å². The van der Waals surface area contributed by atoms with Crippen LogP contribution in [0.15, 0.2) is 48.5 Å². The molecule has 0 aliphatic carbocycles. The van der Waals surface area contributed by atoms with Gasteiger partial charge >= 0.3 is 0 Å². The largest absolute Gasteiger partial charge is 0.491 e. The number of anilines is 1. The molecule has 6 heteroatoms. The van der Waals surface area contributed by atoms with Crippen molar-refractivity contribution < 1.29 is 18.6 Å². The highest BCUT2D eigenvalue weighted by atomic mass is 19.1. The molecule has 1 fully saturated rings. The molecule has 1 heterocycles. The van der Waals surface area contributed by atoms with E-state index in [1.165, 1.54) is 30.3 Å². The summed E-state index contributed by atoms with van der Waals surface area (Å²) in [7, 11) is 0. The van der Waals surface area contributed by atoms with Gasteiger partial charge in [-0.05, 0) is 36.4 Å². The molecule has 0 unspecified atom stereocenters. The normalized spacial score (nSPS) is 16.7. The molecule has 1 saturated heterocycles. The second-order valence-electron chi connectivity index (χ2n) is 6.16. The second kappa shape index (κ2) is 8.27. The number of piperazine rings is 1. The van der Waals surface area contributed by atoms with E-state index in [4.69, 9.17) is 4.74 Å². The molecule has 1 aliphatic heterocycles. The summed E-state index contributed by atoms with van der Waals surface area (Å²) >= 11 is 0. The summed E-state index contributed by atoms with van der Waals surface area (Å²) < 4.78 is 32.1. The number of aliphatic hydroxyl groups excluding tert-OH is 1. The molecule has 1 N–H and O–H groups in total. The Morgan fingerprint density at radius 2 is 1.64 bits per heavy atom. The lowest BCUT2D eigenvalue weighted by Gasteiger charge is -2.36. The number of para-hydroxylation sites is 1. The third-order valence-electron chi connectivity index (χ3n) is 4.29. The number of hydrogen-bond acceptors (Lipinski definition) is 4. The maximum atomic E-state index is 13.8. The second-order valence-corrected chi connectivity index (χ2v) is 6.16. The van der Waals surface area contributed by atoms with Crippen molar-refractivity contribution in [3.8, 4) is 5.75 Å². The van der Waals surface area contributed by atoms with Crippen LogP contribution in [-0.2, 0) is 0 Å². The zero-order valence-electron chi connectivity index (χ0n) is 13.9. The van der Waals surface area contributed by atoms with Gasteiger partial charge in [-0.15, -0.1) is 0 Å². The van der Waals surface area contributed by atoms with Crippen molar-refractivity contribution in [2.45, 2.75) is 6.10 Å². The van der Waals surface area contributed by atoms with Gasteiger partial charge in [0.2, 0.25) is 0 Å². The first-order valence-electron chi connectivity index (χ1n) is 8.40. The summed E-state index contributed by atoms with van der Waals surface area (Å²) in [5, 5.41) is 10.1. The standard InChI is InChI=1S/C19H22F2N2O2/c20-15-5-7-17(8-6-15)25-14-16(24)13-22-9-11-23(12-10-22)19-4-2-1-3-18(19)21/h1-8,16,24H,9-14H2/t16-/m1/s1. The van der Waals surface area contributed by atoms with Crippen LogP contribution in [0.4, 0.5) is 14.5 Å². The SMILES string of the molecule is O[C@@H](COc1ccc(F)cc1)CN1CCN(c2ccccc2F)CC1. The van der Waals surface area contributed by atoms with Gasteiger partial charge in [0.05, 0.1) is 5.69 Å². The molecular formula is C19H22F2N2O2. The number of halogens is 2. The van der Waals surface area contributed by atoms with Crippen molar-refractivity contribution in [2.75, 3.05) is 44.2 Å². The molecule has 0 aromatic heterocycles. The Morgan fingerprint density at radius 1 is 0.960 bits per heavy atom. The van der Waals surface area contributed by atoms with E-state index in [1.54, 1.807) is 12.1 Å². The lowest BCUT2D eigenvalue weighted by atomic mass is 10.2. The predicted molar refractivity (Wildman–Crippen MR) is 93.0 cm³/mol. The zero-order valence-corrected chi connectivity index (χ0v) is 13.9. The molecule has 1 atom stereocenters. The molecule has 2 aromatic rings. The smallest absolute Gasteiger partial charge is 0.146 e. The van der Waals surface area contributed by atoms with Gasteiger partial charge in [-0.2, -0.15) is 0 Å². The third kappa shape index (κ3) is 4.90. The van der Waals surface area contributed by atoms with Gasteiger partial charge in [-0.3, -0.25) is 4.90 Å². The summed E-state index contributed by atoms with van der Waals surface area (Å²) in [5.74, 6) is 0.00845. The van der Waals surface area contributed by atoms with Gasteiger partial charge in [0.25, 0.3) is 0 Å². The minimum atomic E-state index is -0.634. The Morgan fingerprint density at radius 3 is 2.32 bits per heavy atom. The van der Waals surface area contributed by atoms with E-state index in [2.05, 4.69) is 4.90 Å². The average molecular weight is 348 g/mol. The zero-order chi connectivity index (χ0) is 17.6. The van der Waals surface area contributed by atoms with Gasteiger partial charge < -0.3 is 14.7 Å². The minimum Gasteiger partial charge on any atom is -0.491 e. The van der Waals surface area contributed by atoms with E-state index < -0.39 is 6.10 Å². The number of rotatable bonds is 6. The molecule has 2 aromatic carbocycles. The first kappa shape index (κ1) is 17.6. The maximum Gasteiger partial charge on any atom is 0.146 e. The monoisotopic (exact) mass is 348 g/mol. The minimum absolute atomic E-state index is 0.152. The van der Waals surface area contributed by atoms with E-state index in [9.17, 15) is 13.9 Å². The number of nitrogens with zero attached hydrogens (tertiary/aromatic N) is 2. The molecule has 1 aliphatic rings. The van der Waals surface area contributed by atoms with Crippen molar-refractivity contribution in [1.82, 2.24) is 4.90 Å². The summed E-state index contributed by atoms with van der Waals surface area (Å²) in [6, 6.07) is 12.5. The van der Waals surface area contributed by atoms with Crippen molar-refractivity contribution in [1.29, 1.82) is 0 Å². The van der Waals surface area contributed by atoms with Crippen LogP contribution in [0.2, 0.25) is 0 Å². The molecule has 0 radical (unpaired) electrons. The lowest BCUT2D eigenvalue weighted by molar-refractivity contribution is 0.0662. The number of aliphatic hydroxyl groups is 1. The van der Waals surface area contributed by atoms with Crippen LogP contribution in [0.25, 0.3) is 0 Å². The molecule has 25 heavy (non-hydrogen) atoms. The van der Waals surface area contributed by atoms with Gasteiger partial charge in [-0.1, -0.05) is 12.1 Å². The molecule has 4 nitrogen and oxygen atoms in total. The van der Waals surface area contributed by atoms with Gasteiger partial charge in [0.1, 0.15) is 30.1 Å². The van der Waals surface area contributed by atoms with E-state index >= 15 is 0 Å². The first-order valence-corrected chi connectivity index (χ1v) is 8.40.